The normalized spacial score (nSPS) is 14.1. The van der Waals surface area contributed by atoms with Gasteiger partial charge < -0.3 is 19.9 Å². The van der Waals surface area contributed by atoms with Crippen LogP contribution in [-0.2, 0) is 0 Å². The Morgan fingerprint density at radius 3 is 2.32 bits per heavy atom. The lowest BCUT2D eigenvalue weighted by atomic mass is 10.1. The maximum Gasteiger partial charge on any atom is 0.274 e. The van der Waals surface area contributed by atoms with E-state index in [9.17, 15) is 24.8 Å². The van der Waals surface area contributed by atoms with Crippen molar-refractivity contribution < 1.29 is 14.8 Å². The minimum Gasteiger partial charge on any atom is -0.507 e. The summed E-state index contributed by atoms with van der Waals surface area (Å²) in [5.74, 6) is -0.292. The molecule has 0 unspecified atom stereocenters. The van der Waals surface area contributed by atoms with Gasteiger partial charge in [0.05, 0.1) is 16.0 Å². The summed E-state index contributed by atoms with van der Waals surface area (Å²) in [4.78, 5) is 47.1. The first-order valence-corrected chi connectivity index (χ1v) is 12.2. The van der Waals surface area contributed by atoms with Gasteiger partial charge in [0.15, 0.2) is 0 Å². The first-order chi connectivity index (χ1) is 18.3. The molecule has 0 radical (unpaired) electrons. The Balaban J connectivity index is 1.29. The summed E-state index contributed by atoms with van der Waals surface area (Å²) in [5.41, 5.74) is 2.23. The number of aliphatic hydroxyl groups excluding tert-OH is 1. The predicted molar refractivity (Wildman–Crippen MR) is 146 cm³/mol. The standard InChI is InChI=1S/C27H22ClN5O5/c28-19-4-1-17(2-5-19)25(34)16-24-26(35)30-23-15-18(3-10-22(23)29-24)27(36)32-13-11-31(12-14-32)20-6-8-21(9-7-20)33(37)38/h1-10,15-16,34H,11-14H2,(H,30,35)/b25-16-. The van der Waals surface area contributed by atoms with Crippen molar-refractivity contribution in [2.75, 3.05) is 31.1 Å². The van der Waals surface area contributed by atoms with Gasteiger partial charge in [-0.25, -0.2) is 4.98 Å². The summed E-state index contributed by atoms with van der Waals surface area (Å²) in [6, 6.07) is 17.8. The lowest BCUT2D eigenvalue weighted by molar-refractivity contribution is -0.384. The van der Waals surface area contributed by atoms with Gasteiger partial charge >= 0.3 is 0 Å². The van der Waals surface area contributed by atoms with Gasteiger partial charge in [-0.1, -0.05) is 11.6 Å². The quantitative estimate of drug-likeness (QED) is 0.220. The molecular weight excluding hydrogens is 510 g/mol. The molecule has 1 aliphatic rings. The van der Waals surface area contributed by atoms with Crippen LogP contribution in [0.5, 0.6) is 0 Å². The number of carbonyl (C=O) groups is 1. The number of nitro benzene ring substituents is 1. The van der Waals surface area contributed by atoms with Crippen LogP contribution >= 0.6 is 11.6 Å². The molecule has 1 saturated heterocycles. The van der Waals surface area contributed by atoms with Crippen molar-refractivity contribution in [3.8, 4) is 0 Å². The summed E-state index contributed by atoms with van der Waals surface area (Å²) in [6.45, 7) is 2.14. The second kappa shape index (κ2) is 10.3. The Bertz CT molecular complexity index is 1610. The number of halogens is 1. The number of H-pyrrole nitrogens is 1. The van der Waals surface area contributed by atoms with Crippen LogP contribution in [0.15, 0.2) is 71.5 Å². The number of aromatic nitrogens is 2. The van der Waals surface area contributed by atoms with Crippen molar-refractivity contribution >= 4 is 51.8 Å². The number of aliphatic hydroxyl groups is 1. The van der Waals surface area contributed by atoms with Crippen LogP contribution in [0.4, 0.5) is 11.4 Å². The van der Waals surface area contributed by atoms with Gasteiger partial charge in [-0.2, -0.15) is 0 Å². The summed E-state index contributed by atoms with van der Waals surface area (Å²) in [6.07, 6.45) is 1.28. The van der Waals surface area contributed by atoms with Crippen molar-refractivity contribution in [3.05, 3.63) is 109 Å². The summed E-state index contributed by atoms with van der Waals surface area (Å²) >= 11 is 5.88. The highest BCUT2D eigenvalue weighted by molar-refractivity contribution is 6.30. The molecule has 0 spiro atoms. The number of nitro groups is 1. The number of rotatable bonds is 5. The van der Waals surface area contributed by atoms with Crippen LogP contribution in [0.3, 0.4) is 0 Å². The Kier molecular flexibility index (Phi) is 6.80. The highest BCUT2D eigenvalue weighted by Crippen LogP contribution is 2.22. The van der Waals surface area contributed by atoms with Crippen LogP contribution in [0.25, 0.3) is 22.9 Å². The van der Waals surface area contributed by atoms with E-state index in [0.717, 1.165) is 5.69 Å². The maximum absolute atomic E-state index is 13.2. The second-order valence-electron chi connectivity index (χ2n) is 8.77. The zero-order chi connectivity index (χ0) is 26.8. The van der Waals surface area contributed by atoms with Gasteiger partial charge in [0.1, 0.15) is 11.5 Å². The van der Waals surface area contributed by atoms with Crippen molar-refractivity contribution in [3.63, 3.8) is 0 Å². The van der Waals surface area contributed by atoms with Gasteiger partial charge in [-0.15, -0.1) is 0 Å². The number of fused-ring (bicyclic) bond motifs is 1. The van der Waals surface area contributed by atoms with Crippen LogP contribution < -0.4 is 10.5 Å². The lowest BCUT2D eigenvalue weighted by Crippen LogP contribution is -2.48. The molecule has 5 rings (SSSR count). The zero-order valence-corrected chi connectivity index (χ0v) is 20.8. The molecule has 4 aromatic rings. The smallest absolute Gasteiger partial charge is 0.274 e. The third-order valence-electron chi connectivity index (χ3n) is 6.37. The third kappa shape index (κ3) is 5.21. The number of amides is 1. The average molecular weight is 532 g/mol. The van der Waals surface area contributed by atoms with Crippen LogP contribution in [0.2, 0.25) is 5.02 Å². The number of anilines is 1. The molecule has 38 heavy (non-hydrogen) atoms. The minimum atomic E-state index is -0.501. The number of piperazine rings is 1. The molecular formula is C27H22ClN5O5. The lowest BCUT2D eigenvalue weighted by Gasteiger charge is -2.36. The molecule has 0 atom stereocenters. The Labute approximate surface area is 221 Å². The van der Waals surface area contributed by atoms with E-state index in [4.69, 9.17) is 11.6 Å². The topological polar surface area (TPSA) is 133 Å². The van der Waals surface area contributed by atoms with Crippen LogP contribution in [-0.4, -0.2) is 57.0 Å². The third-order valence-corrected chi connectivity index (χ3v) is 6.62. The van der Waals surface area contributed by atoms with E-state index >= 15 is 0 Å². The van der Waals surface area contributed by atoms with Gasteiger partial charge in [0.2, 0.25) is 0 Å². The Hall–Kier alpha value is -4.70. The fourth-order valence-electron chi connectivity index (χ4n) is 4.30. The van der Waals surface area contributed by atoms with E-state index in [-0.39, 0.29) is 23.0 Å². The van der Waals surface area contributed by atoms with Crippen molar-refractivity contribution in [2.45, 2.75) is 0 Å². The summed E-state index contributed by atoms with van der Waals surface area (Å²) < 4.78 is 0. The van der Waals surface area contributed by atoms with Gasteiger partial charge in [0.25, 0.3) is 17.2 Å². The summed E-state index contributed by atoms with van der Waals surface area (Å²) in [7, 11) is 0. The van der Waals surface area contributed by atoms with E-state index in [2.05, 4.69) is 14.9 Å². The number of benzene rings is 3. The first kappa shape index (κ1) is 25.0. The van der Waals surface area contributed by atoms with Crippen molar-refractivity contribution in [1.82, 2.24) is 14.9 Å². The fourth-order valence-corrected chi connectivity index (χ4v) is 4.43. The molecule has 1 aliphatic heterocycles. The monoisotopic (exact) mass is 531 g/mol. The highest BCUT2D eigenvalue weighted by Gasteiger charge is 2.23. The minimum absolute atomic E-state index is 0.0337. The molecule has 1 aromatic heterocycles. The molecule has 0 saturated carbocycles. The predicted octanol–water partition coefficient (Wildman–Crippen LogP) is 4.50. The van der Waals surface area contributed by atoms with Gasteiger partial charge in [0, 0.05) is 66.2 Å². The Morgan fingerprint density at radius 1 is 1.00 bits per heavy atom. The molecule has 11 heteroatoms. The van der Waals surface area contributed by atoms with E-state index in [1.54, 1.807) is 59.5 Å². The van der Waals surface area contributed by atoms with Crippen molar-refractivity contribution in [2.24, 2.45) is 0 Å². The molecule has 3 aromatic carbocycles. The van der Waals surface area contributed by atoms with Crippen molar-refractivity contribution in [1.29, 1.82) is 0 Å². The van der Waals surface area contributed by atoms with Crippen LogP contribution in [0.1, 0.15) is 21.6 Å². The van der Waals surface area contributed by atoms with E-state index in [1.165, 1.54) is 18.2 Å². The number of hydrogen-bond acceptors (Lipinski definition) is 7. The molecule has 2 heterocycles. The fraction of sp³-hybridized carbons (Fsp3) is 0.148. The maximum atomic E-state index is 13.2. The molecule has 192 valence electrons. The van der Waals surface area contributed by atoms with Gasteiger partial charge in [-0.3, -0.25) is 19.7 Å². The van der Waals surface area contributed by atoms with Gasteiger partial charge in [-0.05, 0) is 54.6 Å². The van der Waals surface area contributed by atoms with E-state index in [0.29, 0.717) is 53.4 Å². The number of carbonyl (C=O) groups excluding carboxylic acids is 1. The summed E-state index contributed by atoms with van der Waals surface area (Å²) in [5, 5.41) is 21.8. The first-order valence-electron chi connectivity index (χ1n) is 11.8. The second-order valence-corrected chi connectivity index (χ2v) is 9.21. The number of non-ortho nitro benzene ring substituents is 1. The molecule has 1 amide bonds. The molecule has 1 fully saturated rings. The van der Waals surface area contributed by atoms with Crippen LogP contribution in [0, 0.1) is 10.1 Å². The number of aromatic amines is 1. The van der Waals surface area contributed by atoms with E-state index < -0.39 is 10.5 Å². The SMILES string of the molecule is O=C(c1ccc2nc(/C=C(\O)c3ccc(Cl)cc3)c(=O)[nH]c2c1)N1CCN(c2ccc([N+](=O)[O-])cc2)CC1. The number of hydrogen-bond donors (Lipinski definition) is 2. The molecule has 0 bridgehead atoms. The Morgan fingerprint density at radius 2 is 1.66 bits per heavy atom. The number of nitrogens with zero attached hydrogens (tertiary/aromatic N) is 4. The largest absolute Gasteiger partial charge is 0.507 e. The highest BCUT2D eigenvalue weighted by atomic mass is 35.5. The zero-order valence-electron chi connectivity index (χ0n) is 20.0. The number of nitrogens with one attached hydrogen (secondary N) is 1. The average Bonchev–Trinajstić information content (AvgIpc) is 2.93. The molecule has 10 nitrogen and oxygen atoms in total. The van der Waals surface area contributed by atoms with E-state index in [1.807, 2.05) is 0 Å². The molecule has 2 N–H and O–H groups in total. The molecule has 0 aliphatic carbocycles.